The van der Waals surface area contributed by atoms with E-state index in [1.165, 1.54) is 41.6 Å². The summed E-state index contributed by atoms with van der Waals surface area (Å²) < 4.78 is 7.15. The number of hydrogen-bond acceptors (Lipinski definition) is 0. The molecule has 0 saturated heterocycles. The van der Waals surface area contributed by atoms with Crippen LogP contribution >= 0.6 is 0 Å². The highest BCUT2D eigenvalue weighted by atomic mass is 14.0. The third-order valence-electron chi connectivity index (χ3n) is 3.50. The standard InChI is InChI=1S/C20H34/c1-7-18(4)12-9-14-20(6)16-10-15-19(5)13-8-11-17(2)3/h7,11,14-15H,8-10,12-13,16H2,1-6H3/i1D. The SMILES string of the molecule is [2H]CC=C(C)CCC=C(C)CCC=C(C)CCC=C(C)C. The molecule has 0 N–H and O–H groups in total. The van der Waals surface area contributed by atoms with E-state index in [0.29, 0.717) is 6.90 Å². The van der Waals surface area contributed by atoms with Crippen LogP contribution in [0.1, 0.15) is 81.4 Å². The van der Waals surface area contributed by atoms with Crippen LogP contribution in [0.3, 0.4) is 0 Å². The van der Waals surface area contributed by atoms with Crippen LogP contribution in [-0.2, 0) is 0 Å². The van der Waals surface area contributed by atoms with Crippen molar-refractivity contribution in [2.24, 2.45) is 0 Å². The van der Waals surface area contributed by atoms with Gasteiger partial charge in [0, 0.05) is 1.37 Å². The van der Waals surface area contributed by atoms with Gasteiger partial charge in [0.25, 0.3) is 0 Å². The highest BCUT2D eigenvalue weighted by Crippen LogP contribution is 2.13. The fraction of sp³-hybridized carbons (Fsp3) is 0.600. The molecule has 114 valence electrons. The Hall–Kier alpha value is -1.04. The lowest BCUT2D eigenvalue weighted by atomic mass is 10.0. The van der Waals surface area contributed by atoms with Crippen LogP contribution in [0.15, 0.2) is 46.6 Å². The zero-order chi connectivity index (χ0) is 16.1. The Morgan fingerprint density at radius 3 is 1.60 bits per heavy atom. The molecular weight excluding hydrogens is 240 g/mol. The Morgan fingerprint density at radius 2 is 1.15 bits per heavy atom. The molecule has 0 aromatic carbocycles. The fourth-order valence-electron chi connectivity index (χ4n) is 1.99. The first-order chi connectivity index (χ1) is 9.95. The molecule has 0 aromatic heterocycles. The van der Waals surface area contributed by atoms with Gasteiger partial charge in [-0.25, -0.2) is 0 Å². The Bertz CT molecular complexity index is 390. The molecule has 0 aliphatic heterocycles. The van der Waals surface area contributed by atoms with Gasteiger partial charge < -0.3 is 0 Å². The number of allylic oxidation sites excluding steroid dienone is 8. The van der Waals surface area contributed by atoms with Crippen molar-refractivity contribution < 1.29 is 1.37 Å². The lowest BCUT2D eigenvalue weighted by Gasteiger charge is -2.02. The van der Waals surface area contributed by atoms with E-state index in [4.69, 9.17) is 1.37 Å². The maximum atomic E-state index is 7.15. The van der Waals surface area contributed by atoms with Crippen LogP contribution in [0, 0.1) is 0 Å². The average molecular weight is 275 g/mol. The smallest absolute Gasteiger partial charge is 0.0273 e. The minimum absolute atomic E-state index is 0.408. The van der Waals surface area contributed by atoms with Gasteiger partial charge in [-0.1, -0.05) is 46.6 Å². The highest BCUT2D eigenvalue weighted by Gasteiger charge is 1.92. The van der Waals surface area contributed by atoms with Crippen molar-refractivity contribution in [1.82, 2.24) is 0 Å². The van der Waals surface area contributed by atoms with Gasteiger partial charge in [0.1, 0.15) is 0 Å². The van der Waals surface area contributed by atoms with E-state index < -0.39 is 0 Å². The second kappa shape index (κ2) is 11.8. The topological polar surface area (TPSA) is 0 Å². The first-order valence-corrected chi connectivity index (χ1v) is 7.85. The lowest BCUT2D eigenvalue weighted by molar-refractivity contribution is 0.899. The predicted molar refractivity (Wildman–Crippen MR) is 94.1 cm³/mol. The molecule has 0 amide bonds. The summed E-state index contributed by atoms with van der Waals surface area (Å²) in [5.74, 6) is 0. The third kappa shape index (κ3) is 12.0. The molecule has 20 heavy (non-hydrogen) atoms. The molecule has 0 saturated carbocycles. The van der Waals surface area contributed by atoms with E-state index in [1.54, 1.807) is 0 Å². The Labute approximate surface area is 128 Å². The largest absolute Gasteiger partial charge is 0.0887 e. The molecule has 0 nitrogen and oxygen atoms in total. The molecule has 0 heteroatoms. The maximum Gasteiger partial charge on any atom is 0.0273 e. The molecule has 0 aliphatic carbocycles. The normalized spacial score (nSPS) is 14.2. The van der Waals surface area contributed by atoms with Crippen LogP contribution in [0.25, 0.3) is 0 Å². The van der Waals surface area contributed by atoms with Crippen molar-refractivity contribution in [1.29, 1.82) is 0 Å². The molecule has 0 spiro atoms. The van der Waals surface area contributed by atoms with Crippen molar-refractivity contribution in [2.45, 2.75) is 80.0 Å². The van der Waals surface area contributed by atoms with Gasteiger partial charge in [0.05, 0.1) is 0 Å². The molecule has 0 aromatic rings. The minimum Gasteiger partial charge on any atom is -0.0887 e. The van der Waals surface area contributed by atoms with Crippen LogP contribution in [0.4, 0.5) is 0 Å². The second-order valence-corrected chi connectivity index (χ2v) is 6.05. The summed E-state index contributed by atoms with van der Waals surface area (Å²) in [6, 6.07) is 0. The first-order valence-electron chi connectivity index (χ1n) is 8.56. The van der Waals surface area contributed by atoms with Gasteiger partial charge in [-0.05, 0) is 80.0 Å². The van der Waals surface area contributed by atoms with Crippen LogP contribution in [0.5, 0.6) is 0 Å². The van der Waals surface area contributed by atoms with E-state index in [1.807, 2.05) is 6.08 Å². The fourth-order valence-corrected chi connectivity index (χ4v) is 1.99. The van der Waals surface area contributed by atoms with Crippen molar-refractivity contribution in [3.05, 3.63) is 46.6 Å². The molecule has 0 bridgehead atoms. The lowest BCUT2D eigenvalue weighted by Crippen LogP contribution is -1.82. The van der Waals surface area contributed by atoms with Gasteiger partial charge in [-0.15, -0.1) is 0 Å². The molecule has 0 aliphatic rings. The zero-order valence-electron chi connectivity index (χ0n) is 15.3. The monoisotopic (exact) mass is 275 g/mol. The second-order valence-electron chi connectivity index (χ2n) is 6.05. The van der Waals surface area contributed by atoms with Crippen molar-refractivity contribution in [3.63, 3.8) is 0 Å². The van der Waals surface area contributed by atoms with Crippen molar-refractivity contribution >= 4 is 0 Å². The van der Waals surface area contributed by atoms with Crippen LogP contribution in [-0.4, -0.2) is 0 Å². The van der Waals surface area contributed by atoms with Crippen LogP contribution in [0.2, 0.25) is 0 Å². The summed E-state index contributed by atoms with van der Waals surface area (Å²) in [5.41, 5.74) is 5.75. The molecule has 0 unspecified atom stereocenters. The maximum absolute atomic E-state index is 7.15. The molecule has 0 fully saturated rings. The molecular formula is C20H34. The van der Waals surface area contributed by atoms with Crippen molar-refractivity contribution in [2.75, 3.05) is 0 Å². The zero-order valence-corrected chi connectivity index (χ0v) is 14.3. The molecule has 0 heterocycles. The molecule has 0 radical (unpaired) electrons. The average Bonchev–Trinajstić information content (AvgIpc) is 2.38. The first kappa shape index (κ1) is 17.0. The van der Waals surface area contributed by atoms with E-state index in [-0.39, 0.29) is 0 Å². The van der Waals surface area contributed by atoms with Gasteiger partial charge >= 0.3 is 0 Å². The van der Waals surface area contributed by atoms with E-state index in [9.17, 15) is 0 Å². The Kier molecular flexibility index (Phi) is 10.0. The number of rotatable bonds is 9. The van der Waals surface area contributed by atoms with E-state index in [2.05, 4.69) is 52.8 Å². The summed E-state index contributed by atoms with van der Waals surface area (Å²) >= 11 is 0. The summed E-state index contributed by atoms with van der Waals surface area (Å²) in [7, 11) is 0. The summed E-state index contributed by atoms with van der Waals surface area (Å²) in [4.78, 5) is 0. The van der Waals surface area contributed by atoms with Gasteiger partial charge in [0.15, 0.2) is 0 Å². The van der Waals surface area contributed by atoms with Gasteiger partial charge in [-0.2, -0.15) is 0 Å². The van der Waals surface area contributed by atoms with Crippen LogP contribution < -0.4 is 0 Å². The molecule has 0 atom stereocenters. The quantitative estimate of drug-likeness (QED) is 0.392. The van der Waals surface area contributed by atoms with E-state index >= 15 is 0 Å². The minimum atomic E-state index is 0.408. The molecule has 0 rings (SSSR count). The number of hydrogen-bond donors (Lipinski definition) is 0. The Morgan fingerprint density at radius 1 is 0.700 bits per heavy atom. The highest BCUT2D eigenvalue weighted by molar-refractivity contribution is 5.06. The van der Waals surface area contributed by atoms with E-state index in [0.717, 1.165) is 19.3 Å². The van der Waals surface area contributed by atoms with Crippen molar-refractivity contribution in [3.8, 4) is 0 Å². The van der Waals surface area contributed by atoms with Gasteiger partial charge in [-0.3, -0.25) is 0 Å². The van der Waals surface area contributed by atoms with Gasteiger partial charge in [0.2, 0.25) is 0 Å². The summed E-state index contributed by atoms with van der Waals surface area (Å²) in [5, 5.41) is 0. The predicted octanol–water partition coefficient (Wildman–Crippen LogP) is 7.15. The summed E-state index contributed by atoms with van der Waals surface area (Å²) in [6.07, 6.45) is 15.9. The Balaban J connectivity index is 3.93. The summed E-state index contributed by atoms with van der Waals surface area (Å²) in [6.45, 7) is 11.3. The third-order valence-corrected chi connectivity index (χ3v) is 3.50.